The quantitative estimate of drug-likeness (QED) is 0.521. The Bertz CT molecular complexity index is 1250. The third-order valence-corrected chi connectivity index (χ3v) is 7.51. The molecule has 0 spiro atoms. The number of nitrogens with one attached hydrogen (secondary N) is 2. The Labute approximate surface area is 198 Å². The van der Waals surface area contributed by atoms with Gasteiger partial charge in [0.25, 0.3) is 11.8 Å². The Hall–Kier alpha value is -3.09. The first kappa shape index (κ1) is 21.7. The first-order chi connectivity index (χ1) is 16.1. The molecule has 33 heavy (non-hydrogen) atoms. The first-order valence-corrected chi connectivity index (χ1v) is 12.3. The molecule has 0 aliphatic carbocycles. The Balaban J connectivity index is 1.30. The molecular formula is C27H27N3O2S. The van der Waals surface area contributed by atoms with E-state index in [9.17, 15) is 9.59 Å². The van der Waals surface area contributed by atoms with E-state index in [-0.39, 0.29) is 11.8 Å². The molecule has 5 nitrogen and oxygen atoms in total. The molecule has 2 heterocycles. The van der Waals surface area contributed by atoms with Crippen LogP contribution in [-0.4, -0.2) is 42.4 Å². The first-order valence-electron chi connectivity index (χ1n) is 11.5. The van der Waals surface area contributed by atoms with Crippen molar-refractivity contribution in [3.63, 3.8) is 0 Å². The second-order valence-corrected chi connectivity index (χ2v) is 9.60. The lowest BCUT2D eigenvalue weighted by Gasteiger charge is -2.23. The molecule has 5 rings (SSSR count). The van der Waals surface area contributed by atoms with Gasteiger partial charge in [-0.05, 0) is 72.6 Å². The van der Waals surface area contributed by atoms with Crippen LogP contribution in [0.5, 0.6) is 0 Å². The number of carbonyl (C=O) groups excluding carboxylic acids is 2. The van der Waals surface area contributed by atoms with Crippen molar-refractivity contribution in [1.82, 2.24) is 10.2 Å². The molecule has 168 valence electrons. The van der Waals surface area contributed by atoms with Gasteiger partial charge in [0.05, 0.1) is 10.6 Å². The predicted molar refractivity (Wildman–Crippen MR) is 135 cm³/mol. The highest BCUT2D eigenvalue weighted by molar-refractivity contribution is 8.04. The predicted octanol–water partition coefficient (Wildman–Crippen LogP) is 5.14. The number of anilines is 1. The minimum Gasteiger partial charge on any atom is -0.350 e. The van der Waals surface area contributed by atoms with Gasteiger partial charge in [-0.2, -0.15) is 0 Å². The van der Waals surface area contributed by atoms with Crippen LogP contribution in [0.25, 0.3) is 16.8 Å². The van der Waals surface area contributed by atoms with Crippen LogP contribution in [0.3, 0.4) is 0 Å². The van der Waals surface area contributed by atoms with Crippen molar-refractivity contribution >= 4 is 46.1 Å². The monoisotopic (exact) mass is 457 g/mol. The van der Waals surface area contributed by atoms with E-state index in [1.54, 1.807) is 6.07 Å². The number of thioether (sulfide) groups is 1. The van der Waals surface area contributed by atoms with Crippen LogP contribution >= 0.6 is 11.8 Å². The zero-order chi connectivity index (χ0) is 22.8. The molecule has 1 fully saturated rings. The Morgan fingerprint density at radius 1 is 1.15 bits per heavy atom. The minimum absolute atomic E-state index is 0.0995. The number of hydrogen-bond donors (Lipinski definition) is 2. The van der Waals surface area contributed by atoms with E-state index in [1.165, 1.54) is 23.6 Å². The molecule has 0 bridgehead atoms. The fourth-order valence-corrected chi connectivity index (χ4v) is 5.54. The third kappa shape index (κ3) is 4.68. The summed E-state index contributed by atoms with van der Waals surface area (Å²) in [6, 6.07) is 20.3. The number of likely N-dealkylation sites (tertiary alicyclic amines) is 1. The largest absolute Gasteiger partial charge is 0.350 e. The van der Waals surface area contributed by atoms with E-state index in [0.717, 1.165) is 35.4 Å². The summed E-state index contributed by atoms with van der Waals surface area (Å²) in [5.74, 6) is -0.250. The number of likely N-dealkylation sites (N-methyl/N-ethyl adjacent to an activating group) is 1. The maximum Gasteiger partial charge on any atom is 0.262 e. The van der Waals surface area contributed by atoms with E-state index in [1.807, 2.05) is 36.4 Å². The van der Waals surface area contributed by atoms with E-state index in [0.29, 0.717) is 28.7 Å². The molecule has 0 saturated carbocycles. The number of benzene rings is 3. The molecule has 0 radical (unpaired) electrons. The van der Waals surface area contributed by atoms with Crippen LogP contribution in [0.15, 0.2) is 70.5 Å². The van der Waals surface area contributed by atoms with Gasteiger partial charge in [0.1, 0.15) is 0 Å². The van der Waals surface area contributed by atoms with Crippen molar-refractivity contribution in [1.29, 1.82) is 0 Å². The highest BCUT2D eigenvalue weighted by Crippen LogP contribution is 2.39. The zero-order valence-electron chi connectivity index (χ0n) is 18.6. The molecular weight excluding hydrogens is 430 g/mol. The van der Waals surface area contributed by atoms with Crippen LogP contribution in [0.4, 0.5) is 5.69 Å². The molecule has 2 amide bonds. The molecule has 1 atom stereocenters. The summed E-state index contributed by atoms with van der Waals surface area (Å²) >= 11 is 1.43. The Morgan fingerprint density at radius 2 is 2.00 bits per heavy atom. The van der Waals surface area contributed by atoms with Gasteiger partial charge in [0.2, 0.25) is 0 Å². The molecule has 6 heteroatoms. The summed E-state index contributed by atoms with van der Waals surface area (Å²) in [6.07, 6.45) is 4.22. The topological polar surface area (TPSA) is 61.4 Å². The number of hydrogen-bond acceptors (Lipinski definition) is 4. The number of fused-ring (bicyclic) bond motifs is 2. The molecule has 3 aromatic carbocycles. The SMILES string of the molecule is CCN1CCCC1CNC(=O)c1ccc2c(c1)NC(=O)/C(=C/c1ccc3ccccc3c1)S2. The second-order valence-electron chi connectivity index (χ2n) is 8.52. The normalized spacial score (nSPS) is 19.5. The van der Waals surface area contributed by atoms with Crippen molar-refractivity contribution in [2.75, 3.05) is 25.0 Å². The van der Waals surface area contributed by atoms with Crippen LogP contribution < -0.4 is 10.6 Å². The van der Waals surface area contributed by atoms with Crippen LogP contribution in [0, 0.1) is 0 Å². The maximum atomic E-state index is 12.8. The van der Waals surface area contributed by atoms with Gasteiger partial charge in [0.15, 0.2) is 0 Å². The standard InChI is InChI=1S/C27H27N3O2S/c1-2-30-13-5-8-22(30)17-28-26(31)21-11-12-24-23(16-21)29-27(32)25(33-24)15-18-9-10-19-6-3-4-7-20(19)14-18/h3-4,6-7,9-12,14-16,22H,2,5,8,13,17H2,1H3,(H,28,31)(H,29,32)/b25-15-. The van der Waals surface area contributed by atoms with Gasteiger partial charge in [-0.3, -0.25) is 14.5 Å². The Morgan fingerprint density at radius 3 is 2.85 bits per heavy atom. The molecule has 2 aliphatic rings. The molecule has 3 aromatic rings. The average molecular weight is 458 g/mol. The third-order valence-electron chi connectivity index (χ3n) is 6.41. The van der Waals surface area contributed by atoms with Crippen LogP contribution in [0.1, 0.15) is 35.7 Å². The van der Waals surface area contributed by atoms with Gasteiger partial charge in [0, 0.05) is 23.0 Å². The average Bonchev–Trinajstić information content (AvgIpc) is 3.30. The second kappa shape index (κ2) is 9.41. The van der Waals surface area contributed by atoms with Crippen molar-refractivity contribution in [2.24, 2.45) is 0 Å². The fraction of sp³-hybridized carbons (Fsp3) is 0.259. The smallest absolute Gasteiger partial charge is 0.262 e. The van der Waals surface area contributed by atoms with E-state index < -0.39 is 0 Å². The molecule has 2 N–H and O–H groups in total. The van der Waals surface area contributed by atoms with E-state index in [2.05, 4.69) is 46.7 Å². The summed E-state index contributed by atoms with van der Waals surface area (Å²) < 4.78 is 0. The van der Waals surface area contributed by atoms with Crippen LogP contribution in [0.2, 0.25) is 0 Å². The molecule has 1 unspecified atom stereocenters. The zero-order valence-corrected chi connectivity index (χ0v) is 19.5. The van der Waals surface area contributed by atoms with Gasteiger partial charge >= 0.3 is 0 Å². The van der Waals surface area contributed by atoms with Gasteiger partial charge in [-0.1, -0.05) is 55.1 Å². The number of nitrogens with zero attached hydrogens (tertiary/aromatic N) is 1. The number of carbonyl (C=O) groups is 2. The molecule has 2 aliphatic heterocycles. The van der Waals surface area contributed by atoms with E-state index in [4.69, 9.17) is 0 Å². The number of amides is 2. The van der Waals surface area contributed by atoms with Crippen molar-refractivity contribution in [3.05, 3.63) is 76.7 Å². The van der Waals surface area contributed by atoms with Crippen molar-refractivity contribution in [2.45, 2.75) is 30.7 Å². The summed E-state index contributed by atoms with van der Waals surface area (Å²) in [4.78, 5) is 29.5. The summed E-state index contributed by atoms with van der Waals surface area (Å²) in [7, 11) is 0. The number of rotatable bonds is 5. The maximum absolute atomic E-state index is 12.8. The van der Waals surface area contributed by atoms with E-state index >= 15 is 0 Å². The lowest BCUT2D eigenvalue weighted by molar-refractivity contribution is -0.112. The van der Waals surface area contributed by atoms with Gasteiger partial charge in [-0.15, -0.1) is 0 Å². The highest BCUT2D eigenvalue weighted by Gasteiger charge is 2.25. The molecule has 0 aromatic heterocycles. The minimum atomic E-state index is -0.150. The lowest BCUT2D eigenvalue weighted by Crippen LogP contribution is -2.40. The molecule has 1 saturated heterocycles. The summed E-state index contributed by atoms with van der Waals surface area (Å²) in [5, 5.41) is 8.34. The summed E-state index contributed by atoms with van der Waals surface area (Å²) in [6.45, 7) is 4.93. The highest BCUT2D eigenvalue weighted by atomic mass is 32.2. The summed E-state index contributed by atoms with van der Waals surface area (Å²) in [5.41, 5.74) is 2.24. The van der Waals surface area contributed by atoms with Gasteiger partial charge in [-0.25, -0.2) is 0 Å². The van der Waals surface area contributed by atoms with Crippen molar-refractivity contribution < 1.29 is 9.59 Å². The van der Waals surface area contributed by atoms with Gasteiger partial charge < -0.3 is 10.6 Å². The fourth-order valence-electron chi connectivity index (χ4n) is 4.61. The van der Waals surface area contributed by atoms with Crippen LogP contribution in [-0.2, 0) is 4.79 Å². The van der Waals surface area contributed by atoms with Crippen molar-refractivity contribution in [3.8, 4) is 0 Å². The Kier molecular flexibility index (Phi) is 6.20. The lowest BCUT2D eigenvalue weighted by atomic mass is 10.1.